The molecule has 1 aromatic rings. The Labute approximate surface area is 111 Å². The van der Waals surface area contributed by atoms with Gasteiger partial charge in [-0.1, -0.05) is 13.3 Å². The van der Waals surface area contributed by atoms with Gasteiger partial charge >= 0.3 is 5.97 Å². The lowest BCUT2D eigenvalue weighted by Gasteiger charge is -2.03. The highest BCUT2D eigenvalue weighted by atomic mass is 32.2. The third-order valence-electron chi connectivity index (χ3n) is 2.13. The van der Waals surface area contributed by atoms with Gasteiger partial charge in [-0.05, 0) is 13.3 Å². The molecule has 0 aliphatic carbocycles. The van der Waals surface area contributed by atoms with Gasteiger partial charge in [-0.15, -0.1) is 11.3 Å². The molecule has 0 bridgehead atoms. The van der Waals surface area contributed by atoms with Crippen molar-refractivity contribution in [3.63, 3.8) is 0 Å². The number of esters is 1. The first kappa shape index (κ1) is 14.5. The lowest BCUT2D eigenvalue weighted by atomic mass is 10.4. The highest BCUT2D eigenvalue weighted by molar-refractivity contribution is 7.98. The molecule has 0 aromatic carbocycles. The Morgan fingerprint density at radius 2 is 2.41 bits per heavy atom. The summed E-state index contributed by atoms with van der Waals surface area (Å²) in [5.41, 5.74) is 1.11. The summed E-state index contributed by atoms with van der Waals surface area (Å²) in [6.45, 7) is 4.65. The van der Waals surface area contributed by atoms with E-state index in [1.54, 1.807) is 23.1 Å². The van der Waals surface area contributed by atoms with E-state index in [9.17, 15) is 4.79 Å². The quantitative estimate of drug-likeness (QED) is 0.537. The number of aromatic nitrogens is 1. The summed E-state index contributed by atoms with van der Waals surface area (Å²) in [5, 5.41) is 3.17. The Balaban J connectivity index is 2.02. The molecule has 96 valence electrons. The van der Waals surface area contributed by atoms with Gasteiger partial charge in [-0.2, -0.15) is 11.8 Å². The number of hydrogen-bond acceptors (Lipinski definition) is 5. The van der Waals surface area contributed by atoms with Crippen molar-refractivity contribution >= 4 is 29.1 Å². The number of rotatable bonds is 8. The van der Waals surface area contributed by atoms with Crippen molar-refractivity contribution in [1.29, 1.82) is 0 Å². The first-order chi connectivity index (χ1) is 8.22. The van der Waals surface area contributed by atoms with E-state index >= 15 is 0 Å². The predicted octanol–water partition coefficient (Wildman–Crippen LogP) is 3.42. The molecular formula is C12H19NO2S2. The molecule has 1 aromatic heterocycles. The summed E-state index contributed by atoms with van der Waals surface area (Å²) in [7, 11) is 0. The molecule has 0 saturated heterocycles. The van der Waals surface area contributed by atoms with Gasteiger partial charge in [0.2, 0.25) is 0 Å². The molecule has 3 nitrogen and oxygen atoms in total. The van der Waals surface area contributed by atoms with Gasteiger partial charge in [0.05, 0.1) is 23.7 Å². The zero-order valence-corrected chi connectivity index (χ0v) is 12.0. The number of aryl methyl sites for hydroxylation is 1. The zero-order chi connectivity index (χ0) is 12.5. The Hall–Kier alpha value is -0.550. The molecule has 0 atom stereocenters. The molecule has 5 heteroatoms. The van der Waals surface area contributed by atoms with Crippen molar-refractivity contribution in [1.82, 2.24) is 4.98 Å². The summed E-state index contributed by atoms with van der Waals surface area (Å²) in [4.78, 5) is 15.7. The van der Waals surface area contributed by atoms with Crippen LogP contribution in [-0.4, -0.2) is 23.3 Å². The first-order valence-corrected chi connectivity index (χ1v) is 7.90. The molecule has 1 heterocycles. The second kappa shape index (κ2) is 8.53. The SMILES string of the molecule is CCCCOC(=O)CCSCc1csc(C)n1. The van der Waals surface area contributed by atoms with Crippen molar-refractivity contribution in [3.05, 3.63) is 16.1 Å². The molecule has 0 saturated carbocycles. The molecule has 0 radical (unpaired) electrons. The van der Waals surface area contributed by atoms with Crippen LogP contribution in [0.2, 0.25) is 0 Å². The summed E-state index contributed by atoms with van der Waals surface area (Å²) in [6.07, 6.45) is 2.51. The highest BCUT2D eigenvalue weighted by Gasteiger charge is 2.03. The molecular weight excluding hydrogens is 254 g/mol. The summed E-state index contributed by atoms with van der Waals surface area (Å²) >= 11 is 3.40. The third kappa shape index (κ3) is 6.68. The van der Waals surface area contributed by atoms with Crippen molar-refractivity contribution in [2.75, 3.05) is 12.4 Å². The minimum Gasteiger partial charge on any atom is -0.466 e. The molecule has 0 spiro atoms. The van der Waals surface area contributed by atoms with Crippen molar-refractivity contribution in [2.24, 2.45) is 0 Å². The van der Waals surface area contributed by atoms with Crippen LogP contribution in [0.25, 0.3) is 0 Å². The van der Waals surface area contributed by atoms with Crippen molar-refractivity contribution in [2.45, 2.75) is 38.9 Å². The topological polar surface area (TPSA) is 39.2 Å². The molecule has 1 rings (SSSR count). The second-order valence-electron chi connectivity index (χ2n) is 3.73. The van der Waals surface area contributed by atoms with Gasteiger partial charge in [-0.25, -0.2) is 4.98 Å². The average molecular weight is 273 g/mol. The number of unbranched alkanes of at least 4 members (excludes halogenated alkanes) is 1. The van der Waals surface area contributed by atoms with Crippen LogP contribution in [0.1, 0.15) is 36.9 Å². The fraction of sp³-hybridized carbons (Fsp3) is 0.667. The lowest BCUT2D eigenvalue weighted by molar-refractivity contribution is -0.143. The van der Waals surface area contributed by atoms with E-state index < -0.39 is 0 Å². The van der Waals surface area contributed by atoms with Crippen LogP contribution in [0.5, 0.6) is 0 Å². The third-order valence-corrected chi connectivity index (χ3v) is 3.94. The number of ether oxygens (including phenoxy) is 1. The zero-order valence-electron chi connectivity index (χ0n) is 10.4. The normalized spacial score (nSPS) is 10.5. The van der Waals surface area contributed by atoms with E-state index in [-0.39, 0.29) is 5.97 Å². The van der Waals surface area contributed by atoms with Gasteiger partial charge in [0.25, 0.3) is 0 Å². The number of carbonyl (C=O) groups excluding carboxylic acids is 1. The smallest absolute Gasteiger partial charge is 0.306 e. The molecule has 0 unspecified atom stereocenters. The van der Waals surface area contributed by atoms with Gasteiger partial charge in [0.15, 0.2) is 0 Å². The number of carbonyl (C=O) groups is 1. The van der Waals surface area contributed by atoms with Gasteiger partial charge in [0, 0.05) is 16.9 Å². The largest absolute Gasteiger partial charge is 0.466 e. The fourth-order valence-corrected chi connectivity index (χ4v) is 2.74. The Kier molecular flexibility index (Phi) is 7.28. The van der Waals surface area contributed by atoms with Crippen LogP contribution in [0.3, 0.4) is 0 Å². The van der Waals surface area contributed by atoms with Gasteiger partial charge in [-0.3, -0.25) is 4.79 Å². The Morgan fingerprint density at radius 3 is 3.06 bits per heavy atom. The minimum atomic E-state index is -0.0830. The minimum absolute atomic E-state index is 0.0830. The molecule has 0 N–H and O–H groups in total. The molecule has 17 heavy (non-hydrogen) atoms. The Bertz CT molecular complexity index is 339. The Morgan fingerprint density at radius 1 is 1.59 bits per heavy atom. The maximum Gasteiger partial charge on any atom is 0.306 e. The highest BCUT2D eigenvalue weighted by Crippen LogP contribution is 2.15. The number of thioether (sulfide) groups is 1. The summed E-state index contributed by atoms with van der Waals surface area (Å²) in [5.74, 6) is 1.61. The molecule has 0 aliphatic rings. The molecule has 0 fully saturated rings. The predicted molar refractivity (Wildman–Crippen MR) is 73.5 cm³/mol. The maximum atomic E-state index is 11.3. The fourth-order valence-electron chi connectivity index (χ4n) is 1.21. The van der Waals surface area contributed by atoms with Gasteiger partial charge < -0.3 is 4.74 Å². The molecule has 0 amide bonds. The van der Waals surface area contributed by atoms with E-state index in [4.69, 9.17) is 4.74 Å². The standard InChI is InChI=1S/C12H19NO2S2/c1-3-4-6-15-12(14)5-7-16-8-11-9-17-10(2)13-11/h9H,3-8H2,1-2H3. The number of hydrogen-bond donors (Lipinski definition) is 0. The van der Waals surface area contributed by atoms with E-state index in [0.29, 0.717) is 13.0 Å². The van der Waals surface area contributed by atoms with E-state index in [0.717, 1.165) is 35.0 Å². The average Bonchev–Trinajstić information content (AvgIpc) is 2.71. The second-order valence-corrected chi connectivity index (χ2v) is 5.90. The number of nitrogens with zero attached hydrogens (tertiary/aromatic N) is 1. The maximum absolute atomic E-state index is 11.3. The number of thiazole rings is 1. The van der Waals surface area contributed by atoms with Crippen LogP contribution in [0, 0.1) is 6.92 Å². The van der Waals surface area contributed by atoms with Crippen LogP contribution in [0.15, 0.2) is 5.38 Å². The van der Waals surface area contributed by atoms with Crippen LogP contribution in [0.4, 0.5) is 0 Å². The monoisotopic (exact) mass is 273 g/mol. The van der Waals surface area contributed by atoms with Crippen LogP contribution >= 0.6 is 23.1 Å². The van der Waals surface area contributed by atoms with Crippen LogP contribution in [-0.2, 0) is 15.3 Å². The van der Waals surface area contributed by atoms with E-state index in [1.165, 1.54) is 0 Å². The van der Waals surface area contributed by atoms with E-state index in [1.807, 2.05) is 6.92 Å². The van der Waals surface area contributed by atoms with Crippen molar-refractivity contribution < 1.29 is 9.53 Å². The summed E-state index contributed by atoms with van der Waals surface area (Å²) in [6, 6.07) is 0. The van der Waals surface area contributed by atoms with Crippen LogP contribution < -0.4 is 0 Å². The van der Waals surface area contributed by atoms with E-state index in [2.05, 4.69) is 17.3 Å². The lowest BCUT2D eigenvalue weighted by Crippen LogP contribution is -2.06. The van der Waals surface area contributed by atoms with Gasteiger partial charge in [0.1, 0.15) is 0 Å². The molecule has 0 aliphatic heterocycles. The van der Waals surface area contributed by atoms with Crippen molar-refractivity contribution in [3.8, 4) is 0 Å². The first-order valence-electron chi connectivity index (χ1n) is 5.86. The summed E-state index contributed by atoms with van der Waals surface area (Å²) < 4.78 is 5.07.